The number of nitrogens with zero attached hydrogens (tertiary/aromatic N) is 1. The summed E-state index contributed by atoms with van der Waals surface area (Å²) in [7, 11) is 3.18. The van der Waals surface area contributed by atoms with Gasteiger partial charge in [-0.15, -0.1) is 0 Å². The second-order valence-corrected chi connectivity index (χ2v) is 5.08. The minimum absolute atomic E-state index is 0.0804. The summed E-state index contributed by atoms with van der Waals surface area (Å²) in [5.74, 6) is 0.396. The van der Waals surface area contributed by atoms with Crippen LogP contribution >= 0.6 is 0 Å². The van der Waals surface area contributed by atoms with Crippen LogP contribution in [0, 0.1) is 0 Å². The van der Waals surface area contributed by atoms with Crippen molar-refractivity contribution in [2.75, 3.05) is 14.2 Å². The summed E-state index contributed by atoms with van der Waals surface area (Å²) in [5.41, 5.74) is 2.75. The van der Waals surface area contributed by atoms with Gasteiger partial charge in [0.1, 0.15) is 0 Å². The molecule has 0 aliphatic heterocycles. The molecule has 1 aromatic heterocycles. The largest absolute Gasteiger partial charge is 0.493 e. The van der Waals surface area contributed by atoms with E-state index >= 15 is 0 Å². The average Bonchev–Trinajstić information content (AvgIpc) is 2.53. The van der Waals surface area contributed by atoms with Crippen LogP contribution in [0.2, 0.25) is 0 Å². The summed E-state index contributed by atoms with van der Waals surface area (Å²) in [6, 6.07) is 7.59. The number of ether oxygens (including phenoxy) is 2. The Labute approximate surface area is 129 Å². The molecule has 0 saturated carbocycles. The van der Waals surface area contributed by atoms with E-state index in [0.717, 1.165) is 16.7 Å². The monoisotopic (exact) mass is 301 g/mol. The lowest BCUT2D eigenvalue weighted by Crippen LogP contribution is -2.03. The van der Waals surface area contributed by atoms with Crippen LogP contribution in [0.5, 0.6) is 11.5 Å². The van der Waals surface area contributed by atoms with E-state index in [1.807, 2.05) is 31.2 Å². The van der Waals surface area contributed by atoms with Crippen LogP contribution in [-0.2, 0) is 4.79 Å². The zero-order valence-electron chi connectivity index (χ0n) is 12.9. The minimum atomic E-state index is -0.816. The van der Waals surface area contributed by atoms with E-state index < -0.39 is 5.97 Å². The van der Waals surface area contributed by atoms with Crippen molar-refractivity contribution in [1.29, 1.82) is 0 Å². The molecule has 0 aliphatic carbocycles. The molecule has 1 N–H and O–H groups in total. The van der Waals surface area contributed by atoms with Gasteiger partial charge in [0.2, 0.25) is 0 Å². The molecule has 2 aromatic rings. The molecule has 1 atom stereocenters. The molecule has 5 heteroatoms. The molecule has 0 spiro atoms. The van der Waals surface area contributed by atoms with Crippen molar-refractivity contribution < 1.29 is 19.4 Å². The number of carboxylic acids is 1. The first-order valence-electron chi connectivity index (χ1n) is 6.94. The quantitative estimate of drug-likeness (QED) is 0.886. The van der Waals surface area contributed by atoms with Crippen LogP contribution in [0.4, 0.5) is 0 Å². The SMILES string of the molecule is COc1ccc(-c2cncc(C(C)CC(=O)O)c2)cc1OC. The first-order chi connectivity index (χ1) is 10.5. The van der Waals surface area contributed by atoms with Crippen molar-refractivity contribution >= 4 is 5.97 Å². The Balaban J connectivity index is 2.35. The summed E-state index contributed by atoms with van der Waals surface area (Å²) in [5, 5.41) is 8.91. The first kappa shape index (κ1) is 15.8. The van der Waals surface area contributed by atoms with Crippen molar-refractivity contribution in [3.05, 3.63) is 42.2 Å². The average molecular weight is 301 g/mol. The molecule has 0 bridgehead atoms. The van der Waals surface area contributed by atoms with Crippen LogP contribution in [0.3, 0.4) is 0 Å². The highest BCUT2D eigenvalue weighted by Gasteiger charge is 2.12. The Morgan fingerprint density at radius 1 is 1.14 bits per heavy atom. The number of rotatable bonds is 6. The number of aliphatic carboxylic acids is 1. The van der Waals surface area contributed by atoms with Gasteiger partial charge in [-0.25, -0.2) is 0 Å². The molecule has 1 unspecified atom stereocenters. The number of carboxylic acid groups (broad SMARTS) is 1. The van der Waals surface area contributed by atoms with Gasteiger partial charge < -0.3 is 14.6 Å². The second-order valence-electron chi connectivity index (χ2n) is 5.08. The number of methoxy groups -OCH3 is 2. The minimum Gasteiger partial charge on any atom is -0.493 e. The Morgan fingerprint density at radius 3 is 2.50 bits per heavy atom. The molecule has 1 heterocycles. The summed E-state index contributed by atoms with van der Waals surface area (Å²) in [6.07, 6.45) is 3.53. The maximum atomic E-state index is 10.8. The number of hydrogen-bond donors (Lipinski definition) is 1. The van der Waals surface area contributed by atoms with Gasteiger partial charge in [0.15, 0.2) is 11.5 Å². The molecule has 0 radical (unpaired) electrons. The highest BCUT2D eigenvalue weighted by atomic mass is 16.5. The van der Waals surface area contributed by atoms with Gasteiger partial charge in [0.25, 0.3) is 0 Å². The van der Waals surface area contributed by atoms with Gasteiger partial charge in [-0.2, -0.15) is 0 Å². The second kappa shape index (κ2) is 6.93. The Hall–Kier alpha value is -2.56. The van der Waals surface area contributed by atoms with E-state index in [1.165, 1.54) is 0 Å². The molecule has 22 heavy (non-hydrogen) atoms. The number of hydrogen-bond acceptors (Lipinski definition) is 4. The van der Waals surface area contributed by atoms with E-state index in [9.17, 15) is 4.79 Å². The van der Waals surface area contributed by atoms with E-state index in [0.29, 0.717) is 11.5 Å². The third-order valence-corrected chi connectivity index (χ3v) is 3.53. The number of benzene rings is 1. The Morgan fingerprint density at radius 2 is 1.86 bits per heavy atom. The van der Waals surface area contributed by atoms with E-state index in [1.54, 1.807) is 26.6 Å². The normalized spacial score (nSPS) is 11.8. The van der Waals surface area contributed by atoms with Crippen molar-refractivity contribution in [1.82, 2.24) is 4.98 Å². The Kier molecular flexibility index (Phi) is 4.99. The van der Waals surface area contributed by atoms with Crippen LogP contribution in [0.15, 0.2) is 36.7 Å². The summed E-state index contributed by atoms with van der Waals surface area (Å²) in [4.78, 5) is 15.1. The number of carbonyl (C=O) groups is 1. The number of pyridine rings is 1. The van der Waals surface area contributed by atoms with Gasteiger partial charge in [-0.3, -0.25) is 9.78 Å². The van der Waals surface area contributed by atoms with Crippen LogP contribution < -0.4 is 9.47 Å². The summed E-state index contributed by atoms with van der Waals surface area (Å²) < 4.78 is 10.5. The zero-order valence-corrected chi connectivity index (χ0v) is 12.9. The Bertz CT molecular complexity index is 669. The van der Waals surface area contributed by atoms with Crippen molar-refractivity contribution in [3.8, 4) is 22.6 Å². The van der Waals surface area contributed by atoms with Crippen molar-refractivity contribution in [2.45, 2.75) is 19.3 Å². The third-order valence-electron chi connectivity index (χ3n) is 3.53. The van der Waals surface area contributed by atoms with Crippen molar-refractivity contribution in [2.24, 2.45) is 0 Å². The van der Waals surface area contributed by atoms with Gasteiger partial charge in [-0.1, -0.05) is 13.0 Å². The molecule has 0 aliphatic rings. The number of aromatic nitrogens is 1. The summed E-state index contributed by atoms with van der Waals surface area (Å²) >= 11 is 0. The summed E-state index contributed by atoms with van der Waals surface area (Å²) in [6.45, 7) is 1.88. The fourth-order valence-electron chi connectivity index (χ4n) is 2.28. The molecular weight excluding hydrogens is 282 g/mol. The topological polar surface area (TPSA) is 68.7 Å². The zero-order chi connectivity index (χ0) is 16.1. The van der Waals surface area contributed by atoms with Crippen LogP contribution in [0.1, 0.15) is 24.8 Å². The van der Waals surface area contributed by atoms with Gasteiger partial charge in [0, 0.05) is 18.0 Å². The van der Waals surface area contributed by atoms with E-state index in [-0.39, 0.29) is 12.3 Å². The van der Waals surface area contributed by atoms with Gasteiger partial charge in [0.05, 0.1) is 20.6 Å². The fraction of sp³-hybridized carbons (Fsp3) is 0.294. The molecule has 2 rings (SSSR count). The molecule has 116 valence electrons. The van der Waals surface area contributed by atoms with Gasteiger partial charge in [-0.05, 0) is 35.2 Å². The van der Waals surface area contributed by atoms with Crippen molar-refractivity contribution in [3.63, 3.8) is 0 Å². The lowest BCUT2D eigenvalue weighted by Gasteiger charge is -2.12. The maximum absolute atomic E-state index is 10.8. The highest BCUT2D eigenvalue weighted by molar-refractivity contribution is 5.69. The molecular formula is C17H19NO4. The third kappa shape index (κ3) is 3.55. The lowest BCUT2D eigenvalue weighted by molar-refractivity contribution is -0.137. The van der Waals surface area contributed by atoms with Gasteiger partial charge >= 0.3 is 5.97 Å². The van der Waals surface area contributed by atoms with Crippen LogP contribution in [0.25, 0.3) is 11.1 Å². The maximum Gasteiger partial charge on any atom is 0.303 e. The molecule has 5 nitrogen and oxygen atoms in total. The molecule has 0 fully saturated rings. The predicted octanol–water partition coefficient (Wildman–Crippen LogP) is 3.34. The molecule has 1 aromatic carbocycles. The highest BCUT2D eigenvalue weighted by Crippen LogP contribution is 2.33. The smallest absolute Gasteiger partial charge is 0.303 e. The molecule has 0 amide bonds. The lowest BCUT2D eigenvalue weighted by atomic mass is 9.96. The van der Waals surface area contributed by atoms with E-state index in [4.69, 9.17) is 14.6 Å². The predicted molar refractivity (Wildman–Crippen MR) is 83.4 cm³/mol. The first-order valence-corrected chi connectivity index (χ1v) is 6.94. The van der Waals surface area contributed by atoms with E-state index in [2.05, 4.69) is 4.98 Å². The standard InChI is InChI=1S/C17H19NO4/c1-11(6-17(19)20)13-7-14(10-18-9-13)12-4-5-15(21-2)16(8-12)22-3/h4-5,7-11H,6H2,1-3H3,(H,19,20). The fourth-order valence-corrected chi connectivity index (χ4v) is 2.28. The molecule has 0 saturated heterocycles. The van der Waals surface area contributed by atoms with Crippen LogP contribution in [-0.4, -0.2) is 30.3 Å².